The molecule has 7 heteroatoms. The summed E-state index contributed by atoms with van der Waals surface area (Å²) in [5.41, 5.74) is 0. The topological polar surface area (TPSA) is 108 Å². The van der Waals surface area contributed by atoms with Gasteiger partial charge in [-0.25, -0.2) is 0 Å². The molecule has 1 rings (SSSR count). The molecule has 3 amide bonds. The highest BCUT2D eigenvalue weighted by Crippen LogP contribution is 2.21. The van der Waals surface area contributed by atoms with Crippen molar-refractivity contribution in [3.05, 3.63) is 0 Å². The van der Waals surface area contributed by atoms with Crippen LogP contribution in [0, 0.1) is 11.8 Å². The minimum atomic E-state index is -0.824. The van der Waals surface area contributed by atoms with Gasteiger partial charge in [0.05, 0.1) is 12.1 Å². The van der Waals surface area contributed by atoms with E-state index in [1.54, 1.807) is 6.92 Å². The average Bonchev–Trinajstić information content (AvgIpc) is 2.74. The molecule has 1 heterocycles. The van der Waals surface area contributed by atoms with Crippen molar-refractivity contribution in [1.82, 2.24) is 16.0 Å². The maximum absolute atomic E-state index is 12.8. The number of hydrogen-bond donors (Lipinski definition) is 4. The first-order valence-corrected chi connectivity index (χ1v) is 12.8. The zero-order valence-corrected chi connectivity index (χ0v) is 20.8. The summed E-state index contributed by atoms with van der Waals surface area (Å²) in [6.45, 7) is 8.36. The summed E-state index contributed by atoms with van der Waals surface area (Å²) in [4.78, 5) is 37.2. The second kappa shape index (κ2) is 16.1. The van der Waals surface area contributed by atoms with Crippen LogP contribution < -0.4 is 16.0 Å². The van der Waals surface area contributed by atoms with Crippen LogP contribution in [-0.4, -0.2) is 47.6 Å². The van der Waals surface area contributed by atoms with Crippen LogP contribution in [0.5, 0.6) is 0 Å². The molecule has 4 N–H and O–H groups in total. The largest absolute Gasteiger partial charge is 0.391 e. The fraction of sp³-hybridized carbons (Fsp3) is 0.880. The Kier molecular flexibility index (Phi) is 14.3. The molecule has 7 nitrogen and oxygen atoms in total. The molecule has 0 aromatic carbocycles. The Morgan fingerprint density at radius 1 is 1.09 bits per heavy atom. The molecule has 186 valence electrons. The number of unbranched alkanes of at least 4 members (excludes halogenated alkanes) is 1. The molecular weight excluding hydrogens is 406 g/mol. The third kappa shape index (κ3) is 11.8. The SMILES string of the molecule is CCCCNC(=O)C(C)CC(O)[C@@H]1C[C@H](C)CCCCCCCCC(=O)N[C@@H](C)C(=O)N1. The summed E-state index contributed by atoms with van der Waals surface area (Å²) in [7, 11) is 0. The van der Waals surface area contributed by atoms with Crippen molar-refractivity contribution in [3.8, 4) is 0 Å². The summed E-state index contributed by atoms with van der Waals surface area (Å²) in [5, 5.41) is 19.6. The van der Waals surface area contributed by atoms with Gasteiger partial charge in [-0.1, -0.05) is 65.7 Å². The van der Waals surface area contributed by atoms with Crippen LogP contribution in [0.25, 0.3) is 0 Å². The quantitative estimate of drug-likeness (QED) is 0.443. The molecule has 2 unspecified atom stereocenters. The molecule has 5 atom stereocenters. The summed E-state index contributed by atoms with van der Waals surface area (Å²) in [6.07, 6.45) is 10.0. The highest BCUT2D eigenvalue weighted by molar-refractivity contribution is 5.87. The number of amides is 3. The van der Waals surface area contributed by atoms with Gasteiger partial charge in [-0.2, -0.15) is 0 Å². The number of nitrogens with one attached hydrogen (secondary N) is 3. The predicted octanol–water partition coefficient (Wildman–Crippen LogP) is 3.44. The number of hydrogen-bond acceptors (Lipinski definition) is 4. The van der Waals surface area contributed by atoms with Crippen LogP contribution >= 0.6 is 0 Å². The summed E-state index contributed by atoms with van der Waals surface area (Å²) < 4.78 is 0. The number of aliphatic hydroxyl groups is 1. The van der Waals surface area contributed by atoms with E-state index in [4.69, 9.17) is 0 Å². The Morgan fingerprint density at radius 2 is 1.75 bits per heavy atom. The van der Waals surface area contributed by atoms with Gasteiger partial charge in [0.1, 0.15) is 6.04 Å². The smallest absolute Gasteiger partial charge is 0.242 e. The van der Waals surface area contributed by atoms with Gasteiger partial charge in [0, 0.05) is 18.9 Å². The van der Waals surface area contributed by atoms with Gasteiger partial charge in [0.25, 0.3) is 0 Å². The van der Waals surface area contributed by atoms with E-state index in [9.17, 15) is 19.5 Å². The molecule has 1 saturated heterocycles. The lowest BCUT2D eigenvalue weighted by molar-refractivity contribution is -0.130. The maximum Gasteiger partial charge on any atom is 0.242 e. The average molecular weight is 454 g/mol. The van der Waals surface area contributed by atoms with E-state index in [0.29, 0.717) is 25.3 Å². The van der Waals surface area contributed by atoms with Gasteiger partial charge < -0.3 is 21.1 Å². The van der Waals surface area contributed by atoms with Gasteiger partial charge in [-0.05, 0) is 38.5 Å². The first kappa shape index (κ1) is 28.4. The third-order valence-corrected chi connectivity index (χ3v) is 6.44. The second-order valence-electron chi connectivity index (χ2n) is 9.75. The van der Waals surface area contributed by atoms with Crippen LogP contribution in [0.4, 0.5) is 0 Å². The van der Waals surface area contributed by atoms with E-state index in [2.05, 4.69) is 29.8 Å². The Hall–Kier alpha value is -1.63. The first-order chi connectivity index (χ1) is 15.2. The molecular formula is C25H47N3O4. The third-order valence-electron chi connectivity index (χ3n) is 6.44. The van der Waals surface area contributed by atoms with E-state index in [0.717, 1.165) is 44.9 Å². The molecule has 0 bridgehead atoms. The van der Waals surface area contributed by atoms with Crippen molar-refractivity contribution in [2.75, 3.05) is 6.54 Å². The van der Waals surface area contributed by atoms with Gasteiger partial charge in [-0.15, -0.1) is 0 Å². The molecule has 1 aliphatic rings. The molecule has 0 radical (unpaired) electrons. The van der Waals surface area contributed by atoms with Crippen molar-refractivity contribution in [3.63, 3.8) is 0 Å². The molecule has 0 aliphatic carbocycles. The highest BCUT2D eigenvalue weighted by Gasteiger charge is 2.28. The Bertz CT molecular complexity index is 569. The lowest BCUT2D eigenvalue weighted by atomic mass is 9.89. The fourth-order valence-corrected chi connectivity index (χ4v) is 4.23. The molecule has 1 aliphatic heterocycles. The standard InChI is InChI=1S/C25H47N3O4/c1-5-6-15-26-24(31)19(3)17-22(29)21-16-18(2)13-11-9-7-8-10-12-14-23(30)27-20(4)25(32)28-21/h18-22,29H,5-17H2,1-4H3,(H,26,31)(H,27,30)(H,28,32)/t18-,19?,20+,21+,22?/m1/s1. The van der Waals surface area contributed by atoms with E-state index < -0.39 is 18.2 Å². The molecule has 0 aromatic rings. The number of aliphatic hydroxyl groups excluding tert-OH is 1. The van der Waals surface area contributed by atoms with E-state index in [1.807, 2.05) is 6.92 Å². The minimum Gasteiger partial charge on any atom is -0.391 e. The maximum atomic E-state index is 12.8. The highest BCUT2D eigenvalue weighted by atomic mass is 16.3. The van der Waals surface area contributed by atoms with Gasteiger partial charge in [-0.3, -0.25) is 14.4 Å². The van der Waals surface area contributed by atoms with Crippen molar-refractivity contribution < 1.29 is 19.5 Å². The van der Waals surface area contributed by atoms with Gasteiger partial charge in [0.2, 0.25) is 17.7 Å². The number of carbonyl (C=O) groups is 3. The van der Waals surface area contributed by atoms with E-state index in [1.165, 1.54) is 12.8 Å². The minimum absolute atomic E-state index is 0.0642. The Balaban J connectivity index is 2.79. The molecule has 0 saturated carbocycles. The second-order valence-corrected chi connectivity index (χ2v) is 9.75. The lowest BCUT2D eigenvalue weighted by Gasteiger charge is -2.29. The predicted molar refractivity (Wildman–Crippen MR) is 128 cm³/mol. The molecule has 0 spiro atoms. The zero-order valence-electron chi connectivity index (χ0n) is 20.8. The van der Waals surface area contributed by atoms with Crippen LogP contribution in [0.1, 0.15) is 105 Å². The van der Waals surface area contributed by atoms with Crippen molar-refractivity contribution >= 4 is 17.7 Å². The van der Waals surface area contributed by atoms with Gasteiger partial charge >= 0.3 is 0 Å². The van der Waals surface area contributed by atoms with Crippen molar-refractivity contribution in [2.24, 2.45) is 11.8 Å². The summed E-state index contributed by atoms with van der Waals surface area (Å²) in [6, 6.07) is -1.11. The van der Waals surface area contributed by atoms with Crippen LogP contribution in [0.2, 0.25) is 0 Å². The van der Waals surface area contributed by atoms with Gasteiger partial charge in [0.15, 0.2) is 0 Å². The van der Waals surface area contributed by atoms with Crippen LogP contribution in [0.3, 0.4) is 0 Å². The normalized spacial score (nSPS) is 26.5. The van der Waals surface area contributed by atoms with Crippen LogP contribution in [0.15, 0.2) is 0 Å². The monoisotopic (exact) mass is 453 g/mol. The Morgan fingerprint density at radius 3 is 2.44 bits per heavy atom. The fourth-order valence-electron chi connectivity index (χ4n) is 4.23. The summed E-state index contributed by atoms with van der Waals surface area (Å²) in [5.74, 6) is -0.456. The lowest BCUT2D eigenvalue weighted by Crippen LogP contribution is -2.52. The molecule has 32 heavy (non-hydrogen) atoms. The van der Waals surface area contributed by atoms with Crippen LogP contribution in [-0.2, 0) is 14.4 Å². The summed E-state index contributed by atoms with van der Waals surface area (Å²) >= 11 is 0. The Labute approximate surface area is 194 Å². The number of rotatable bonds is 7. The molecule has 1 fully saturated rings. The van der Waals surface area contributed by atoms with Crippen molar-refractivity contribution in [2.45, 2.75) is 123 Å². The molecule has 0 aromatic heterocycles. The van der Waals surface area contributed by atoms with Crippen molar-refractivity contribution in [1.29, 1.82) is 0 Å². The number of carbonyl (C=O) groups excluding carboxylic acids is 3. The first-order valence-electron chi connectivity index (χ1n) is 12.8. The van der Waals surface area contributed by atoms with E-state index in [-0.39, 0.29) is 30.1 Å². The zero-order chi connectivity index (χ0) is 23.9. The van der Waals surface area contributed by atoms with E-state index >= 15 is 0 Å².